The number of hydrazone groups is 1. The molecule has 114 valence electrons. The van der Waals surface area contributed by atoms with Gasteiger partial charge in [-0.1, -0.05) is 15.9 Å². The number of hydrogen-bond acceptors (Lipinski definition) is 4. The summed E-state index contributed by atoms with van der Waals surface area (Å²) in [5.41, 5.74) is 3.76. The first-order chi connectivity index (χ1) is 10.2. The van der Waals surface area contributed by atoms with Gasteiger partial charge in [0.2, 0.25) is 5.84 Å². The van der Waals surface area contributed by atoms with E-state index in [1.165, 1.54) is 6.42 Å². The first-order valence-corrected chi connectivity index (χ1v) is 8.01. The van der Waals surface area contributed by atoms with E-state index in [2.05, 4.69) is 26.5 Å². The molecule has 6 heteroatoms. The molecule has 0 amide bonds. The molecule has 1 aromatic rings. The van der Waals surface area contributed by atoms with Crippen LogP contribution in [0.5, 0.6) is 0 Å². The van der Waals surface area contributed by atoms with Crippen LogP contribution in [-0.2, 0) is 9.53 Å². The number of rotatable bonds is 3. The van der Waals surface area contributed by atoms with E-state index >= 15 is 0 Å². The van der Waals surface area contributed by atoms with Crippen LogP contribution in [0.25, 0.3) is 0 Å². The van der Waals surface area contributed by atoms with Gasteiger partial charge < -0.3 is 9.64 Å². The molecule has 1 saturated heterocycles. The molecule has 1 fully saturated rings. The van der Waals surface area contributed by atoms with Gasteiger partial charge in [0, 0.05) is 17.6 Å². The smallest absolute Gasteiger partial charge is 0.375 e. The van der Waals surface area contributed by atoms with Gasteiger partial charge in [-0.25, -0.2) is 4.79 Å². The molecule has 1 aromatic carbocycles. The average Bonchev–Trinajstić information content (AvgIpc) is 2.51. The summed E-state index contributed by atoms with van der Waals surface area (Å²) in [6.07, 6.45) is 3.36. The second-order valence-electron chi connectivity index (χ2n) is 4.82. The topological polar surface area (TPSA) is 53.9 Å². The van der Waals surface area contributed by atoms with Crippen LogP contribution in [0, 0.1) is 0 Å². The number of piperidine rings is 1. The van der Waals surface area contributed by atoms with Crippen LogP contribution < -0.4 is 5.43 Å². The Morgan fingerprint density at radius 1 is 1.29 bits per heavy atom. The summed E-state index contributed by atoms with van der Waals surface area (Å²) < 4.78 is 6.10. The highest BCUT2D eigenvalue weighted by molar-refractivity contribution is 9.10. The van der Waals surface area contributed by atoms with E-state index < -0.39 is 0 Å². The Kier molecular flexibility index (Phi) is 6.04. The summed E-state index contributed by atoms with van der Waals surface area (Å²) >= 11 is 3.39. The van der Waals surface area contributed by atoms with E-state index in [4.69, 9.17) is 4.74 Å². The van der Waals surface area contributed by atoms with Gasteiger partial charge in [-0.3, -0.25) is 5.43 Å². The molecular weight excluding hydrogens is 334 g/mol. The van der Waals surface area contributed by atoms with Crippen LogP contribution in [0.1, 0.15) is 26.2 Å². The molecule has 0 aliphatic carbocycles. The van der Waals surface area contributed by atoms with Gasteiger partial charge in [0.25, 0.3) is 0 Å². The maximum atomic E-state index is 12.1. The third kappa shape index (κ3) is 4.74. The molecule has 0 unspecified atom stereocenters. The first-order valence-electron chi connectivity index (χ1n) is 7.22. The zero-order valence-electron chi connectivity index (χ0n) is 12.1. The van der Waals surface area contributed by atoms with Gasteiger partial charge in [0.15, 0.2) is 0 Å². The molecule has 1 aliphatic heterocycles. The molecule has 21 heavy (non-hydrogen) atoms. The maximum absolute atomic E-state index is 12.1. The molecular formula is C15H20BrN3O2. The number of anilines is 1. The first kappa shape index (κ1) is 15.8. The number of carbonyl (C=O) groups is 1. The highest BCUT2D eigenvalue weighted by Gasteiger charge is 2.22. The van der Waals surface area contributed by atoms with E-state index in [-0.39, 0.29) is 5.97 Å². The lowest BCUT2D eigenvalue weighted by Crippen LogP contribution is -2.41. The number of ether oxygens (including phenoxy) is 1. The van der Waals surface area contributed by atoms with Gasteiger partial charge in [0.05, 0.1) is 12.3 Å². The predicted octanol–water partition coefficient (Wildman–Crippen LogP) is 3.22. The monoisotopic (exact) mass is 353 g/mol. The third-order valence-corrected chi connectivity index (χ3v) is 3.78. The maximum Gasteiger partial charge on any atom is 0.375 e. The molecule has 5 nitrogen and oxygen atoms in total. The van der Waals surface area contributed by atoms with Crippen molar-refractivity contribution in [1.82, 2.24) is 4.90 Å². The van der Waals surface area contributed by atoms with E-state index in [0.29, 0.717) is 12.4 Å². The number of benzene rings is 1. The van der Waals surface area contributed by atoms with E-state index in [1.54, 1.807) is 6.92 Å². The fourth-order valence-electron chi connectivity index (χ4n) is 2.19. The third-order valence-electron chi connectivity index (χ3n) is 3.25. The Morgan fingerprint density at radius 2 is 1.95 bits per heavy atom. The Morgan fingerprint density at radius 3 is 2.57 bits per heavy atom. The molecule has 0 aromatic heterocycles. The number of carbonyl (C=O) groups excluding carboxylic acids is 1. The fraction of sp³-hybridized carbons (Fsp3) is 0.467. The van der Waals surface area contributed by atoms with E-state index in [0.717, 1.165) is 36.1 Å². The second-order valence-corrected chi connectivity index (χ2v) is 5.74. The minimum atomic E-state index is -0.371. The van der Waals surface area contributed by atoms with Gasteiger partial charge in [-0.15, -0.1) is 5.10 Å². The van der Waals surface area contributed by atoms with Crippen LogP contribution in [0.3, 0.4) is 0 Å². The number of hydrogen-bond donors (Lipinski definition) is 1. The van der Waals surface area contributed by atoms with Crippen molar-refractivity contribution in [3.05, 3.63) is 28.7 Å². The van der Waals surface area contributed by atoms with Crippen molar-refractivity contribution < 1.29 is 9.53 Å². The SMILES string of the molecule is CCOC(=O)C(=NNc1ccc(Br)cc1)N1CCCCC1. The number of halogens is 1. The lowest BCUT2D eigenvalue weighted by Gasteiger charge is -2.28. The summed E-state index contributed by atoms with van der Waals surface area (Å²) in [5, 5.41) is 4.27. The summed E-state index contributed by atoms with van der Waals surface area (Å²) in [4.78, 5) is 14.1. The van der Waals surface area contributed by atoms with Gasteiger partial charge in [0.1, 0.15) is 0 Å². The molecule has 1 aliphatic rings. The minimum absolute atomic E-state index is 0.351. The highest BCUT2D eigenvalue weighted by atomic mass is 79.9. The van der Waals surface area contributed by atoms with Gasteiger partial charge in [-0.05, 0) is 50.5 Å². The molecule has 2 rings (SSSR count). The van der Waals surface area contributed by atoms with Crippen LogP contribution in [-0.4, -0.2) is 36.4 Å². The van der Waals surface area contributed by atoms with Crippen molar-refractivity contribution in [3.8, 4) is 0 Å². The zero-order valence-corrected chi connectivity index (χ0v) is 13.7. The average molecular weight is 354 g/mol. The quantitative estimate of drug-likeness (QED) is 0.392. The minimum Gasteiger partial charge on any atom is -0.460 e. The number of amidine groups is 1. The van der Waals surface area contributed by atoms with Crippen molar-refractivity contribution in [3.63, 3.8) is 0 Å². The lowest BCUT2D eigenvalue weighted by atomic mass is 10.1. The highest BCUT2D eigenvalue weighted by Crippen LogP contribution is 2.15. The van der Waals surface area contributed by atoms with Crippen molar-refractivity contribution in [2.45, 2.75) is 26.2 Å². The predicted molar refractivity (Wildman–Crippen MR) is 87.3 cm³/mol. The van der Waals surface area contributed by atoms with Crippen LogP contribution in [0.15, 0.2) is 33.8 Å². The zero-order chi connectivity index (χ0) is 15.1. The van der Waals surface area contributed by atoms with Gasteiger partial charge in [-0.2, -0.15) is 0 Å². The Hall–Kier alpha value is -1.56. The molecule has 1 N–H and O–H groups in total. The summed E-state index contributed by atoms with van der Waals surface area (Å²) in [7, 11) is 0. The molecule has 0 bridgehead atoms. The fourth-order valence-corrected chi connectivity index (χ4v) is 2.45. The normalized spacial score (nSPS) is 15.7. The second kappa shape index (κ2) is 8.02. The molecule has 0 atom stereocenters. The summed E-state index contributed by atoms with van der Waals surface area (Å²) in [6, 6.07) is 7.63. The van der Waals surface area contributed by atoms with Crippen molar-refractivity contribution >= 4 is 33.4 Å². The number of likely N-dealkylation sites (tertiary alicyclic amines) is 1. The summed E-state index contributed by atoms with van der Waals surface area (Å²) in [6.45, 7) is 3.84. The Bertz CT molecular complexity index is 496. The van der Waals surface area contributed by atoms with Crippen molar-refractivity contribution in [2.24, 2.45) is 5.10 Å². The van der Waals surface area contributed by atoms with Crippen LogP contribution in [0.4, 0.5) is 5.69 Å². The Labute approximate surface area is 133 Å². The van der Waals surface area contributed by atoms with Crippen molar-refractivity contribution in [1.29, 1.82) is 0 Å². The largest absolute Gasteiger partial charge is 0.460 e. The van der Waals surface area contributed by atoms with E-state index in [1.807, 2.05) is 29.2 Å². The van der Waals surface area contributed by atoms with Crippen LogP contribution >= 0.6 is 15.9 Å². The molecule has 0 spiro atoms. The molecule has 1 heterocycles. The van der Waals surface area contributed by atoms with Gasteiger partial charge >= 0.3 is 5.97 Å². The number of nitrogens with zero attached hydrogens (tertiary/aromatic N) is 2. The summed E-state index contributed by atoms with van der Waals surface area (Å²) in [5.74, 6) is -0.0107. The number of esters is 1. The standard InChI is InChI=1S/C15H20BrN3O2/c1-2-21-15(20)14(19-10-4-3-5-11-19)18-17-13-8-6-12(16)7-9-13/h6-9,17H,2-5,10-11H2,1H3. The molecule has 0 saturated carbocycles. The lowest BCUT2D eigenvalue weighted by molar-refractivity contribution is -0.136. The molecule has 0 radical (unpaired) electrons. The van der Waals surface area contributed by atoms with Crippen LogP contribution in [0.2, 0.25) is 0 Å². The van der Waals surface area contributed by atoms with E-state index in [9.17, 15) is 4.79 Å². The Balaban J connectivity index is 2.11. The number of nitrogens with one attached hydrogen (secondary N) is 1. The van der Waals surface area contributed by atoms with Crippen molar-refractivity contribution in [2.75, 3.05) is 25.1 Å².